The third kappa shape index (κ3) is 1.34. The lowest BCUT2D eigenvalue weighted by molar-refractivity contribution is 0.0299. The van der Waals surface area contributed by atoms with Crippen LogP contribution in [0.3, 0.4) is 0 Å². The SMILES string of the molecule is CC1=CC[C@H](C)C(C)(C)C1O. The topological polar surface area (TPSA) is 20.2 Å². The van der Waals surface area contributed by atoms with Gasteiger partial charge < -0.3 is 5.11 Å². The van der Waals surface area contributed by atoms with Crippen LogP contribution in [0.5, 0.6) is 0 Å². The second-order valence-corrected chi connectivity index (χ2v) is 4.31. The van der Waals surface area contributed by atoms with Gasteiger partial charge in [0.15, 0.2) is 0 Å². The van der Waals surface area contributed by atoms with Crippen molar-refractivity contribution in [1.29, 1.82) is 0 Å². The highest BCUT2D eigenvalue weighted by Gasteiger charge is 2.36. The summed E-state index contributed by atoms with van der Waals surface area (Å²) >= 11 is 0. The molecule has 1 nitrogen and oxygen atoms in total. The molecule has 0 radical (unpaired) electrons. The molecule has 0 saturated heterocycles. The van der Waals surface area contributed by atoms with Crippen molar-refractivity contribution in [2.75, 3.05) is 0 Å². The minimum absolute atomic E-state index is 0.0544. The number of aliphatic hydroxyl groups excluding tert-OH is 1. The average molecular weight is 154 g/mol. The molecule has 2 atom stereocenters. The molecule has 0 bridgehead atoms. The van der Waals surface area contributed by atoms with Gasteiger partial charge in [0.2, 0.25) is 0 Å². The molecule has 0 saturated carbocycles. The van der Waals surface area contributed by atoms with E-state index in [4.69, 9.17) is 0 Å². The van der Waals surface area contributed by atoms with Crippen molar-refractivity contribution in [3.05, 3.63) is 11.6 Å². The summed E-state index contributed by atoms with van der Waals surface area (Å²) in [5, 5.41) is 9.81. The zero-order valence-electron chi connectivity index (χ0n) is 7.89. The molecule has 1 aliphatic rings. The molecule has 0 fully saturated rings. The summed E-state index contributed by atoms with van der Waals surface area (Å²) in [6, 6.07) is 0. The Labute approximate surface area is 69.1 Å². The zero-order valence-corrected chi connectivity index (χ0v) is 7.89. The zero-order chi connectivity index (χ0) is 8.65. The van der Waals surface area contributed by atoms with Gasteiger partial charge in [0, 0.05) is 0 Å². The molecule has 0 amide bonds. The monoisotopic (exact) mass is 154 g/mol. The molecule has 0 aliphatic heterocycles. The molecule has 1 aliphatic carbocycles. The second-order valence-electron chi connectivity index (χ2n) is 4.31. The van der Waals surface area contributed by atoms with Crippen LogP contribution in [0, 0.1) is 11.3 Å². The largest absolute Gasteiger partial charge is 0.388 e. The quantitative estimate of drug-likeness (QED) is 0.531. The smallest absolute Gasteiger partial charge is 0.0800 e. The lowest BCUT2D eigenvalue weighted by Crippen LogP contribution is -2.38. The number of allylic oxidation sites excluding steroid dienone is 1. The normalized spacial score (nSPS) is 36.6. The predicted octanol–water partition coefficient (Wildman–Crippen LogP) is 2.36. The fraction of sp³-hybridized carbons (Fsp3) is 0.800. The standard InChI is InChI=1S/C10H18O/c1-7-5-6-8(2)10(3,4)9(7)11/h5,8-9,11H,6H2,1-4H3/t8-,9?/m0/s1. The molecule has 11 heavy (non-hydrogen) atoms. The first kappa shape index (κ1) is 8.79. The second kappa shape index (κ2) is 2.63. The first-order chi connectivity index (χ1) is 4.96. The van der Waals surface area contributed by atoms with Crippen molar-refractivity contribution in [2.45, 2.75) is 40.2 Å². The van der Waals surface area contributed by atoms with Crippen LogP contribution in [-0.4, -0.2) is 11.2 Å². The van der Waals surface area contributed by atoms with Crippen LogP contribution in [-0.2, 0) is 0 Å². The lowest BCUT2D eigenvalue weighted by Gasteiger charge is -2.40. The van der Waals surface area contributed by atoms with Crippen molar-refractivity contribution in [3.8, 4) is 0 Å². The van der Waals surface area contributed by atoms with Gasteiger partial charge in [-0.1, -0.05) is 26.8 Å². The lowest BCUT2D eigenvalue weighted by atomic mass is 9.68. The van der Waals surface area contributed by atoms with Crippen molar-refractivity contribution in [3.63, 3.8) is 0 Å². The molecular weight excluding hydrogens is 136 g/mol. The van der Waals surface area contributed by atoms with E-state index in [1.165, 1.54) is 0 Å². The van der Waals surface area contributed by atoms with E-state index >= 15 is 0 Å². The van der Waals surface area contributed by atoms with E-state index in [9.17, 15) is 5.11 Å². The molecule has 0 aromatic carbocycles. The molecule has 0 aromatic heterocycles. The maximum absolute atomic E-state index is 9.81. The first-order valence-electron chi connectivity index (χ1n) is 4.31. The van der Waals surface area contributed by atoms with Gasteiger partial charge in [-0.15, -0.1) is 0 Å². The molecule has 1 heteroatoms. The number of aliphatic hydroxyl groups is 1. The summed E-state index contributed by atoms with van der Waals surface area (Å²) < 4.78 is 0. The molecule has 0 heterocycles. The van der Waals surface area contributed by atoms with E-state index in [0.29, 0.717) is 5.92 Å². The fourth-order valence-corrected chi connectivity index (χ4v) is 1.63. The van der Waals surface area contributed by atoms with Gasteiger partial charge in [0.1, 0.15) is 0 Å². The molecule has 0 spiro atoms. The molecule has 1 N–H and O–H groups in total. The minimum Gasteiger partial charge on any atom is -0.388 e. The third-order valence-electron chi connectivity index (χ3n) is 3.20. The number of hydrogen-bond acceptors (Lipinski definition) is 1. The van der Waals surface area contributed by atoms with Crippen LogP contribution in [0.1, 0.15) is 34.1 Å². The van der Waals surface area contributed by atoms with E-state index in [1.54, 1.807) is 0 Å². The van der Waals surface area contributed by atoms with Crippen LogP contribution in [0.15, 0.2) is 11.6 Å². The van der Waals surface area contributed by atoms with Gasteiger partial charge in [0.25, 0.3) is 0 Å². The van der Waals surface area contributed by atoms with Gasteiger partial charge in [-0.2, -0.15) is 0 Å². The van der Waals surface area contributed by atoms with Gasteiger partial charge >= 0.3 is 0 Å². The summed E-state index contributed by atoms with van der Waals surface area (Å²) in [5.41, 5.74) is 1.19. The highest BCUT2D eigenvalue weighted by Crippen LogP contribution is 2.39. The Bertz CT molecular complexity index is 179. The van der Waals surface area contributed by atoms with Crippen LogP contribution in [0.4, 0.5) is 0 Å². The number of hydrogen-bond donors (Lipinski definition) is 1. The summed E-state index contributed by atoms with van der Waals surface area (Å²) in [6.07, 6.45) is 3.02. The van der Waals surface area contributed by atoms with Crippen molar-refractivity contribution >= 4 is 0 Å². The van der Waals surface area contributed by atoms with E-state index < -0.39 is 0 Å². The Morgan fingerprint density at radius 1 is 1.55 bits per heavy atom. The van der Waals surface area contributed by atoms with E-state index in [0.717, 1.165) is 12.0 Å². The predicted molar refractivity (Wildman–Crippen MR) is 47.3 cm³/mol. The van der Waals surface area contributed by atoms with Crippen LogP contribution >= 0.6 is 0 Å². The molecule has 64 valence electrons. The number of rotatable bonds is 0. The Morgan fingerprint density at radius 3 is 2.55 bits per heavy atom. The van der Waals surface area contributed by atoms with E-state index in [1.807, 2.05) is 6.92 Å². The average Bonchev–Trinajstić information content (AvgIpc) is 1.95. The molecule has 0 aromatic rings. The molecule has 1 unspecified atom stereocenters. The van der Waals surface area contributed by atoms with Gasteiger partial charge in [-0.25, -0.2) is 0 Å². The fourth-order valence-electron chi connectivity index (χ4n) is 1.63. The Kier molecular flexibility index (Phi) is 2.10. The van der Waals surface area contributed by atoms with Crippen molar-refractivity contribution in [2.24, 2.45) is 11.3 Å². The summed E-state index contributed by atoms with van der Waals surface area (Å²) in [7, 11) is 0. The summed E-state index contributed by atoms with van der Waals surface area (Å²) in [6.45, 7) is 8.49. The maximum atomic E-state index is 9.81. The van der Waals surface area contributed by atoms with Crippen LogP contribution < -0.4 is 0 Å². The first-order valence-corrected chi connectivity index (χ1v) is 4.31. The third-order valence-corrected chi connectivity index (χ3v) is 3.20. The maximum Gasteiger partial charge on any atom is 0.0800 e. The highest BCUT2D eigenvalue weighted by atomic mass is 16.3. The Hall–Kier alpha value is -0.300. The Balaban J connectivity index is 2.89. The van der Waals surface area contributed by atoms with Crippen molar-refractivity contribution < 1.29 is 5.11 Å². The highest BCUT2D eigenvalue weighted by molar-refractivity contribution is 5.14. The van der Waals surface area contributed by atoms with Gasteiger partial charge in [-0.3, -0.25) is 0 Å². The van der Waals surface area contributed by atoms with Crippen LogP contribution in [0.2, 0.25) is 0 Å². The van der Waals surface area contributed by atoms with E-state index in [-0.39, 0.29) is 11.5 Å². The Morgan fingerprint density at radius 2 is 2.09 bits per heavy atom. The summed E-state index contributed by atoms with van der Waals surface area (Å²) in [4.78, 5) is 0. The molecular formula is C10H18O. The van der Waals surface area contributed by atoms with Crippen LogP contribution in [0.25, 0.3) is 0 Å². The molecule has 1 rings (SSSR count). The van der Waals surface area contributed by atoms with E-state index in [2.05, 4.69) is 26.8 Å². The van der Waals surface area contributed by atoms with Gasteiger partial charge in [0.05, 0.1) is 6.10 Å². The van der Waals surface area contributed by atoms with Gasteiger partial charge in [-0.05, 0) is 30.3 Å². The van der Waals surface area contributed by atoms with Crippen molar-refractivity contribution in [1.82, 2.24) is 0 Å². The summed E-state index contributed by atoms with van der Waals surface area (Å²) in [5.74, 6) is 0.584. The minimum atomic E-state index is -0.244.